The molecule has 36 heavy (non-hydrogen) atoms. The van der Waals surface area contributed by atoms with Crippen LogP contribution in [0.5, 0.6) is 0 Å². The quantitative estimate of drug-likeness (QED) is 0.231. The maximum Gasteiger partial charge on any atom is 0.312 e. The Morgan fingerprint density at radius 1 is 0.972 bits per heavy atom. The van der Waals surface area contributed by atoms with Crippen LogP contribution < -0.4 is 11.1 Å². The maximum absolute atomic E-state index is 13.1. The third kappa shape index (κ3) is 10.6. The zero-order chi connectivity index (χ0) is 27.8. The number of rotatable bonds is 15. The minimum atomic E-state index is -0.683. The van der Waals surface area contributed by atoms with Crippen LogP contribution in [0.1, 0.15) is 100.0 Å². The molecule has 6 heteroatoms. The van der Waals surface area contributed by atoms with Gasteiger partial charge in [0.25, 0.3) is 0 Å². The molecule has 0 fully saturated rings. The van der Waals surface area contributed by atoms with Crippen LogP contribution in [0.4, 0.5) is 0 Å². The van der Waals surface area contributed by atoms with E-state index in [2.05, 4.69) is 57.3 Å². The van der Waals surface area contributed by atoms with Gasteiger partial charge in [0.2, 0.25) is 5.91 Å². The lowest BCUT2D eigenvalue weighted by atomic mass is 9.62. The van der Waals surface area contributed by atoms with Crippen LogP contribution in [0.25, 0.3) is 0 Å². The van der Waals surface area contributed by atoms with Crippen molar-refractivity contribution in [3.63, 3.8) is 0 Å². The Labute approximate surface area is 220 Å². The second kappa shape index (κ2) is 13.0. The molecule has 1 aromatic carbocycles. The Morgan fingerprint density at radius 3 is 2.08 bits per heavy atom. The lowest BCUT2D eigenvalue weighted by Gasteiger charge is -2.42. The normalized spacial score (nSPS) is 14.0. The number of carbonyl (C=O) groups excluding carboxylic acids is 2. The second-order valence-electron chi connectivity index (χ2n) is 13.0. The van der Waals surface area contributed by atoms with Crippen LogP contribution >= 0.6 is 0 Å². The summed E-state index contributed by atoms with van der Waals surface area (Å²) in [7, 11) is 0. The third-order valence-corrected chi connectivity index (χ3v) is 7.41. The Kier molecular flexibility index (Phi) is 11.6. The molecule has 0 aliphatic heterocycles. The summed E-state index contributed by atoms with van der Waals surface area (Å²) in [6.45, 7) is 21.3. The predicted octanol–water partition coefficient (Wildman–Crippen LogP) is 5.84. The van der Waals surface area contributed by atoms with Gasteiger partial charge >= 0.3 is 5.97 Å². The van der Waals surface area contributed by atoms with Gasteiger partial charge in [0.1, 0.15) is 6.61 Å². The van der Waals surface area contributed by atoms with Crippen LogP contribution in [0.3, 0.4) is 0 Å². The van der Waals surface area contributed by atoms with E-state index in [0.717, 1.165) is 6.42 Å². The van der Waals surface area contributed by atoms with Gasteiger partial charge in [0.05, 0.1) is 24.2 Å². The molecule has 0 saturated carbocycles. The number of amides is 1. The Balaban J connectivity index is 2.55. The first-order valence-electron chi connectivity index (χ1n) is 13.3. The van der Waals surface area contributed by atoms with Crippen LogP contribution in [-0.4, -0.2) is 42.8 Å². The van der Waals surface area contributed by atoms with Gasteiger partial charge in [-0.3, -0.25) is 9.59 Å². The molecule has 0 aliphatic rings. The molecule has 0 spiro atoms. The molecular formula is C30H52N2O4. The monoisotopic (exact) mass is 504 g/mol. The smallest absolute Gasteiger partial charge is 0.312 e. The summed E-state index contributed by atoms with van der Waals surface area (Å²) in [5, 5.41) is 2.85. The molecule has 0 aliphatic carbocycles. The molecule has 0 heterocycles. The second-order valence-corrected chi connectivity index (χ2v) is 13.0. The number of hydrogen-bond donors (Lipinski definition) is 2. The fraction of sp³-hybridized carbons (Fsp3) is 0.733. The molecule has 0 bridgehead atoms. The lowest BCUT2D eigenvalue weighted by Crippen LogP contribution is -2.43. The predicted molar refractivity (Wildman–Crippen MR) is 148 cm³/mol. The Hall–Kier alpha value is -1.92. The highest BCUT2D eigenvalue weighted by Gasteiger charge is 2.45. The summed E-state index contributed by atoms with van der Waals surface area (Å²) in [6, 6.07) is 10.5. The van der Waals surface area contributed by atoms with E-state index in [1.165, 1.54) is 5.56 Å². The summed E-state index contributed by atoms with van der Waals surface area (Å²) < 4.78 is 11.5. The van der Waals surface area contributed by atoms with E-state index in [1.807, 2.05) is 47.6 Å². The Bertz CT molecular complexity index is 823. The summed E-state index contributed by atoms with van der Waals surface area (Å²) in [6.07, 6.45) is 1.78. The van der Waals surface area contributed by atoms with E-state index in [-0.39, 0.29) is 30.4 Å². The fourth-order valence-corrected chi connectivity index (χ4v) is 3.99. The van der Waals surface area contributed by atoms with Crippen molar-refractivity contribution in [3.8, 4) is 0 Å². The molecule has 1 unspecified atom stereocenters. The maximum atomic E-state index is 13.1. The van der Waals surface area contributed by atoms with Gasteiger partial charge in [0, 0.05) is 12.0 Å². The van der Waals surface area contributed by atoms with Gasteiger partial charge in [-0.15, -0.1) is 0 Å². The number of esters is 1. The fourth-order valence-electron chi connectivity index (χ4n) is 3.99. The van der Waals surface area contributed by atoms with E-state index in [1.54, 1.807) is 0 Å². The SMILES string of the molecule is CC(C)C(CC(C)(C)C(C)(C)C(=O)OCCNC(=O)CCC(C)(C)OCC(C)(C)N)c1ccccc1. The van der Waals surface area contributed by atoms with Crippen LogP contribution in [0.2, 0.25) is 0 Å². The minimum Gasteiger partial charge on any atom is -0.463 e. The number of nitrogens with one attached hydrogen (secondary N) is 1. The molecular weight excluding hydrogens is 452 g/mol. The van der Waals surface area contributed by atoms with Gasteiger partial charge < -0.3 is 20.5 Å². The average molecular weight is 505 g/mol. The van der Waals surface area contributed by atoms with Crippen LogP contribution in [0.15, 0.2) is 30.3 Å². The number of ether oxygens (including phenoxy) is 2. The molecule has 1 atom stereocenters. The van der Waals surface area contributed by atoms with E-state index >= 15 is 0 Å². The van der Waals surface area contributed by atoms with Crippen molar-refractivity contribution in [2.75, 3.05) is 19.8 Å². The van der Waals surface area contributed by atoms with Gasteiger partial charge in [-0.1, -0.05) is 58.0 Å². The van der Waals surface area contributed by atoms with Crippen molar-refractivity contribution in [2.24, 2.45) is 22.5 Å². The summed E-state index contributed by atoms with van der Waals surface area (Å²) in [5.74, 6) is 0.468. The van der Waals surface area contributed by atoms with Crippen molar-refractivity contribution in [3.05, 3.63) is 35.9 Å². The number of benzene rings is 1. The van der Waals surface area contributed by atoms with E-state index in [0.29, 0.717) is 31.3 Å². The summed E-state index contributed by atoms with van der Waals surface area (Å²) >= 11 is 0. The average Bonchev–Trinajstić information content (AvgIpc) is 2.77. The molecule has 1 aromatic rings. The highest BCUT2D eigenvalue weighted by Crippen LogP contribution is 2.47. The largest absolute Gasteiger partial charge is 0.463 e. The van der Waals surface area contributed by atoms with E-state index in [4.69, 9.17) is 15.2 Å². The van der Waals surface area contributed by atoms with Gasteiger partial charge in [0.15, 0.2) is 0 Å². The molecule has 0 radical (unpaired) electrons. The van der Waals surface area contributed by atoms with Crippen molar-refractivity contribution in [1.29, 1.82) is 0 Å². The molecule has 3 N–H and O–H groups in total. The van der Waals surface area contributed by atoms with Gasteiger partial charge in [-0.05, 0) is 77.2 Å². The van der Waals surface area contributed by atoms with Crippen LogP contribution in [-0.2, 0) is 19.1 Å². The molecule has 206 valence electrons. The van der Waals surface area contributed by atoms with Crippen molar-refractivity contribution >= 4 is 11.9 Å². The molecule has 0 aromatic heterocycles. The van der Waals surface area contributed by atoms with Crippen LogP contribution in [0, 0.1) is 16.7 Å². The molecule has 6 nitrogen and oxygen atoms in total. The standard InChI is InChI=1S/C30H52N2O4/c1-22(2)24(23-14-12-11-13-15-23)20-27(3,4)30(9,10)26(34)35-19-18-32-25(33)16-17-29(7,8)36-21-28(5,6)31/h11-15,22,24H,16-21,31H2,1-10H3,(H,32,33). The minimum absolute atomic E-state index is 0.0861. The number of hydrogen-bond acceptors (Lipinski definition) is 5. The van der Waals surface area contributed by atoms with E-state index < -0.39 is 16.6 Å². The highest BCUT2D eigenvalue weighted by molar-refractivity contribution is 5.77. The highest BCUT2D eigenvalue weighted by atomic mass is 16.5. The number of nitrogens with two attached hydrogens (primary N) is 1. The summed E-state index contributed by atoms with van der Waals surface area (Å²) in [4.78, 5) is 25.4. The lowest BCUT2D eigenvalue weighted by molar-refractivity contribution is -0.161. The first-order chi connectivity index (χ1) is 16.4. The first-order valence-corrected chi connectivity index (χ1v) is 13.3. The molecule has 1 amide bonds. The zero-order valence-electron chi connectivity index (χ0n) is 24.5. The molecule has 1 rings (SSSR count). The van der Waals surface area contributed by atoms with Gasteiger partial charge in [-0.25, -0.2) is 0 Å². The zero-order valence-corrected chi connectivity index (χ0v) is 24.5. The summed E-state index contributed by atoms with van der Waals surface area (Å²) in [5.41, 5.74) is 5.45. The van der Waals surface area contributed by atoms with Crippen molar-refractivity contribution in [1.82, 2.24) is 5.32 Å². The van der Waals surface area contributed by atoms with Crippen molar-refractivity contribution < 1.29 is 19.1 Å². The third-order valence-electron chi connectivity index (χ3n) is 7.41. The Morgan fingerprint density at radius 2 is 1.56 bits per heavy atom. The van der Waals surface area contributed by atoms with Crippen molar-refractivity contribution in [2.45, 2.75) is 106 Å². The molecule has 0 saturated heterocycles. The first kappa shape index (κ1) is 32.1. The van der Waals surface area contributed by atoms with Gasteiger partial charge in [-0.2, -0.15) is 0 Å². The van der Waals surface area contributed by atoms with E-state index in [9.17, 15) is 9.59 Å². The topological polar surface area (TPSA) is 90.6 Å². The number of carbonyl (C=O) groups is 2.